The van der Waals surface area contributed by atoms with Crippen molar-refractivity contribution in [2.75, 3.05) is 0 Å². The lowest BCUT2D eigenvalue weighted by Gasteiger charge is -2.21. The molecular formula is C21H30N2. The highest BCUT2D eigenvalue weighted by Gasteiger charge is 2.17. The van der Waals surface area contributed by atoms with E-state index in [0.29, 0.717) is 0 Å². The molecule has 0 radical (unpaired) electrons. The van der Waals surface area contributed by atoms with Gasteiger partial charge in [0.05, 0.1) is 0 Å². The first kappa shape index (κ1) is 17.7. The summed E-state index contributed by atoms with van der Waals surface area (Å²) in [5.41, 5.74) is 7.32. The Hall–Kier alpha value is -1.70. The van der Waals surface area contributed by atoms with E-state index in [1.807, 2.05) is 0 Å². The van der Waals surface area contributed by atoms with Crippen LogP contribution in [0.4, 0.5) is 0 Å². The van der Waals surface area contributed by atoms with Crippen LogP contribution in [0.1, 0.15) is 75.4 Å². The maximum absolute atomic E-state index is 4.72. The normalized spacial score (nSPS) is 12.5. The van der Waals surface area contributed by atoms with Crippen LogP contribution in [0.15, 0.2) is 24.3 Å². The minimum absolute atomic E-state index is 0.138. The molecule has 2 nitrogen and oxygen atoms in total. The van der Waals surface area contributed by atoms with Crippen LogP contribution in [0.25, 0.3) is 0 Å². The van der Waals surface area contributed by atoms with Crippen molar-refractivity contribution in [2.45, 2.75) is 72.6 Å². The van der Waals surface area contributed by atoms with Crippen LogP contribution >= 0.6 is 0 Å². The van der Waals surface area contributed by atoms with Crippen molar-refractivity contribution in [1.82, 2.24) is 9.97 Å². The van der Waals surface area contributed by atoms with E-state index in [4.69, 9.17) is 9.97 Å². The second-order valence-corrected chi connectivity index (χ2v) is 8.65. The van der Waals surface area contributed by atoms with Gasteiger partial charge < -0.3 is 0 Å². The summed E-state index contributed by atoms with van der Waals surface area (Å²) in [5, 5.41) is 0. The van der Waals surface area contributed by atoms with Crippen molar-refractivity contribution < 1.29 is 0 Å². The number of nitrogens with zero attached hydrogens (tertiary/aromatic N) is 2. The summed E-state index contributed by atoms with van der Waals surface area (Å²) in [6, 6.07) is 8.84. The second kappa shape index (κ2) is 6.07. The molecule has 0 bridgehead atoms. The van der Waals surface area contributed by atoms with Gasteiger partial charge in [-0.25, -0.2) is 0 Å². The van der Waals surface area contributed by atoms with E-state index in [2.05, 4.69) is 79.7 Å². The fraction of sp³-hybridized carbons (Fsp3) is 0.524. The van der Waals surface area contributed by atoms with Gasteiger partial charge >= 0.3 is 0 Å². The largest absolute Gasteiger partial charge is 0.258 e. The van der Waals surface area contributed by atoms with Gasteiger partial charge in [-0.05, 0) is 60.1 Å². The van der Waals surface area contributed by atoms with Gasteiger partial charge in [0.2, 0.25) is 0 Å². The average Bonchev–Trinajstić information content (AvgIpc) is 2.35. The van der Waals surface area contributed by atoms with Crippen LogP contribution in [0.2, 0.25) is 0 Å². The summed E-state index contributed by atoms with van der Waals surface area (Å²) >= 11 is 0. The lowest BCUT2D eigenvalue weighted by atomic mass is 9.85. The molecule has 0 spiro atoms. The van der Waals surface area contributed by atoms with E-state index in [9.17, 15) is 0 Å². The first-order valence-corrected chi connectivity index (χ1v) is 8.41. The van der Waals surface area contributed by atoms with Crippen molar-refractivity contribution in [1.29, 1.82) is 0 Å². The second-order valence-electron chi connectivity index (χ2n) is 8.65. The van der Waals surface area contributed by atoms with Crippen molar-refractivity contribution in [3.05, 3.63) is 58.2 Å². The topological polar surface area (TPSA) is 25.8 Å². The average molecular weight is 310 g/mol. The molecule has 0 amide bonds. The van der Waals surface area contributed by atoms with Gasteiger partial charge in [0.25, 0.3) is 0 Å². The predicted molar refractivity (Wildman–Crippen MR) is 98.2 cm³/mol. The van der Waals surface area contributed by atoms with Crippen LogP contribution in [-0.4, -0.2) is 9.97 Å². The van der Waals surface area contributed by atoms with Gasteiger partial charge in [-0.15, -0.1) is 0 Å². The maximum atomic E-state index is 4.72. The molecule has 0 aliphatic carbocycles. The molecule has 2 heterocycles. The van der Waals surface area contributed by atoms with E-state index in [1.54, 1.807) is 0 Å². The molecule has 0 aromatic carbocycles. The highest BCUT2D eigenvalue weighted by molar-refractivity contribution is 5.32. The Bertz CT molecular complexity index is 639. The van der Waals surface area contributed by atoms with Crippen LogP contribution in [0.3, 0.4) is 0 Å². The molecule has 0 saturated heterocycles. The third kappa shape index (κ3) is 4.63. The molecule has 2 heteroatoms. The number of rotatable bonds is 2. The SMILES string of the molecule is Cc1cc(C(C)(C)C)cc(Cc2cc(C(C)(C)C)cc(C)n2)n1. The van der Waals surface area contributed by atoms with Crippen molar-refractivity contribution in [3.63, 3.8) is 0 Å². The summed E-state index contributed by atoms with van der Waals surface area (Å²) in [7, 11) is 0. The molecule has 0 saturated carbocycles. The Kier molecular flexibility index (Phi) is 4.66. The summed E-state index contributed by atoms with van der Waals surface area (Å²) in [6.07, 6.45) is 0.787. The zero-order chi connectivity index (χ0) is 17.4. The molecule has 23 heavy (non-hydrogen) atoms. The van der Waals surface area contributed by atoms with E-state index in [1.165, 1.54) is 11.1 Å². The fourth-order valence-corrected chi connectivity index (χ4v) is 2.71. The van der Waals surface area contributed by atoms with Crippen molar-refractivity contribution in [3.8, 4) is 0 Å². The minimum Gasteiger partial charge on any atom is -0.258 e. The zero-order valence-electron chi connectivity index (χ0n) is 15.9. The quantitative estimate of drug-likeness (QED) is 0.754. The summed E-state index contributed by atoms with van der Waals surface area (Å²) < 4.78 is 0. The Labute approximate surface area is 141 Å². The van der Waals surface area contributed by atoms with Crippen LogP contribution in [0.5, 0.6) is 0 Å². The number of hydrogen-bond acceptors (Lipinski definition) is 2. The van der Waals surface area contributed by atoms with E-state index < -0.39 is 0 Å². The first-order chi connectivity index (χ1) is 10.4. The Balaban J connectivity index is 2.40. The lowest BCUT2D eigenvalue weighted by Crippen LogP contribution is -2.14. The Morgan fingerprint density at radius 2 is 1.00 bits per heavy atom. The molecular weight excluding hydrogens is 280 g/mol. The van der Waals surface area contributed by atoms with Crippen LogP contribution < -0.4 is 0 Å². The molecule has 0 aliphatic rings. The molecule has 2 aromatic rings. The number of aryl methyl sites for hydroxylation is 2. The van der Waals surface area contributed by atoms with Gasteiger partial charge in [-0.3, -0.25) is 9.97 Å². The van der Waals surface area contributed by atoms with Crippen molar-refractivity contribution >= 4 is 0 Å². The smallest absolute Gasteiger partial charge is 0.0469 e. The maximum Gasteiger partial charge on any atom is 0.0469 e. The van der Waals surface area contributed by atoms with Gasteiger partial charge in [-0.1, -0.05) is 41.5 Å². The van der Waals surface area contributed by atoms with Gasteiger partial charge in [0.15, 0.2) is 0 Å². The molecule has 2 aromatic heterocycles. The Morgan fingerprint density at radius 3 is 1.30 bits per heavy atom. The van der Waals surface area contributed by atoms with E-state index in [0.717, 1.165) is 29.2 Å². The number of aromatic nitrogens is 2. The number of pyridine rings is 2. The predicted octanol–water partition coefficient (Wildman–Crippen LogP) is 5.28. The third-order valence-electron chi connectivity index (χ3n) is 4.11. The van der Waals surface area contributed by atoms with E-state index in [-0.39, 0.29) is 10.8 Å². The highest BCUT2D eigenvalue weighted by atomic mass is 14.7. The molecule has 0 atom stereocenters. The van der Waals surface area contributed by atoms with Crippen molar-refractivity contribution in [2.24, 2.45) is 0 Å². The molecule has 0 unspecified atom stereocenters. The van der Waals surface area contributed by atoms with Gasteiger partial charge in [0.1, 0.15) is 0 Å². The molecule has 124 valence electrons. The highest BCUT2D eigenvalue weighted by Crippen LogP contribution is 2.26. The molecule has 2 rings (SSSR count). The fourth-order valence-electron chi connectivity index (χ4n) is 2.71. The monoisotopic (exact) mass is 310 g/mol. The first-order valence-electron chi connectivity index (χ1n) is 8.41. The summed E-state index contributed by atoms with van der Waals surface area (Å²) in [4.78, 5) is 9.45. The van der Waals surface area contributed by atoms with Crippen LogP contribution in [-0.2, 0) is 17.3 Å². The Morgan fingerprint density at radius 1 is 0.652 bits per heavy atom. The van der Waals surface area contributed by atoms with Gasteiger partial charge in [-0.2, -0.15) is 0 Å². The molecule has 0 fully saturated rings. The summed E-state index contributed by atoms with van der Waals surface area (Å²) in [6.45, 7) is 17.6. The standard InChI is InChI=1S/C21H30N2/c1-14-9-16(20(3,4)5)11-18(22-14)13-19-12-17(21(6,7)8)10-15(2)23-19/h9-12H,13H2,1-8H3. The molecule has 0 N–H and O–H groups in total. The van der Waals surface area contributed by atoms with E-state index >= 15 is 0 Å². The van der Waals surface area contributed by atoms with Gasteiger partial charge in [0, 0.05) is 29.2 Å². The van der Waals surface area contributed by atoms with Crippen LogP contribution in [0, 0.1) is 13.8 Å². The summed E-state index contributed by atoms with van der Waals surface area (Å²) in [5.74, 6) is 0. The third-order valence-corrected chi connectivity index (χ3v) is 4.11. The zero-order valence-corrected chi connectivity index (χ0v) is 15.9. The number of hydrogen-bond donors (Lipinski definition) is 0. The lowest BCUT2D eigenvalue weighted by molar-refractivity contribution is 0.585. The minimum atomic E-state index is 0.138. The molecule has 0 aliphatic heterocycles.